The van der Waals surface area contributed by atoms with E-state index in [2.05, 4.69) is 97.4 Å². The number of ether oxygens (including phenoxy) is 2. The lowest BCUT2D eigenvalue weighted by atomic mass is 10.1. The summed E-state index contributed by atoms with van der Waals surface area (Å²) in [6.07, 6.45) is 51.7. The third-order valence-corrected chi connectivity index (χ3v) is 9.26. The highest BCUT2D eigenvalue weighted by Crippen LogP contribution is 2.43. The van der Waals surface area contributed by atoms with E-state index in [1.807, 2.05) is 30.4 Å². The predicted octanol–water partition coefficient (Wildman–Crippen LogP) is 10.6. The molecule has 0 heterocycles. The third-order valence-electron chi connectivity index (χ3n) is 8.31. The number of phosphoric acid groups is 1. The van der Waals surface area contributed by atoms with Crippen LogP contribution < -0.4 is 5.73 Å². The smallest absolute Gasteiger partial charge is 0.472 e. The van der Waals surface area contributed by atoms with Crippen LogP contribution in [0.25, 0.3) is 0 Å². The number of rotatable bonds is 38. The van der Waals surface area contributed by atoms with Crippen molar-refractivity contribution in [1.82, 2.24) is 0 Å². The molecule has 4 atom stereocenters. The van der Waals surface area contributed by atoms with Crippen molar-refractivity contribution >= 4 is 25.7 Å². The van der Waals surface area contributed by atoms with Gasteiger partial charge in [-0.15, -0.1) is 0 Å². The molecule has 0 bridgehead atoms. The molecule has 0 spiro atoms. The van der Waals surface area contributed by atoms with Crippen LogP contribution in [-0.4, -0.2) is 71.1 Å². The fourth-order valence-corrected chi connectivity index (χ4v) is 5.68. The average molecular weight is 872 g/mol. The Bertz CT molecular complexity index is 1510. The van der Waals surface area contributed by atoms with Crippen LogP contribution in [0.15, 0.2) is 122 Å². The van der Waals surface area contributed by atoms with E-state index in [9.17, 15) is 28.9 Å². The molecule has 342 valence electrons. The summed E-state index contributed by atoms with van der Waals surface area (Å²) in [4.78, 5) is 46.0. The molecule has 0 aromatic rings. The number of phosphoric ester groups is 1. The van der Waals surface area contributed by atoms with E-state index in [1.54, 1.807) is 12.2 Å². The second-order valence-corrected chi connectivity index (χ2v) is 15.4. The van der Waals surface area contributed by atoms with Crippen LogP contribution in [0.5, 0.6) is 0 Å². The molecule has 0 radical (unpaired) electrons. The summed E-state index contributed by atoms with van der Waals surface area (Å²) in [7, 11) is -4.80. The third kappa shape index (κ3) is 41.0. The van der Waals surface area contributed by atoms with E-state index in [0.29, 0.717) is 12.8 Å². The first kappa shape index (κ1) is 56.8. The minimum Gasteiger partial charge on any atom is -0.480 e. The van der Waals surface area contributed by atoms with Crippen LogP contribution in [-0.2, 0) is 37.5 Å². The summed E-state index contributed by atoms with van der Waals surface area (Å²) in [5.41, 5.74) is 5.31. The lowest BCUT2D eigenvalue weighted by Crippen LogP contribution is -2.34. The van der Waals surface area contributed by atoms with Crippen molar-refractivity contribution < 1.29 is 52.6 Å². The first-order chi connectivity index (χ1) is 29.5. The number of carbonyl (C=O) groups is 3. The van der Waals surface area contributed by atoms with Gasteiger partial charge in [-0.25, -0.2) is 4.57 Å². The van der Waals surface area contributed by atoms with E-state index < -0.39 is 63.8 Å². The standard InChI is InChI=1S/C48H74NO11P/c1-3-5-7-9-11-13-15-17-18-19-20-21-22-24-26-28-30-32-34-38-46(51)57-40-44(41-58-61(55,56)59-42-45(49)48(53)54)60-47(52)39-35-37-43(50)36-33-31-29-27-25-23-16-14-12-10-8-6-4-2/h6,8,11-14,17-18,20-21,23-26,29-33,36,43-45,50H,3-5,7,9-10,15-16,19,22,27-28,34-35,37-42,49H2,1-2H3,(H,53,54)(H,55,56)/b8-6-,13-11-,14-12-,18-17-,21-20-,25-23-,26-24-,31-29-,32-30-,36-33+/t43?,44-,45+/m1/s1. The Morgan fingerprint density at radius 1 is 0.607 bits per heavy atom. The highest BCUT2D eigenvalue weighted by molar-refractivity contribution is 7.47. The number of carboxylic acids is 1. The molecule has 0 saturated heterocycles. The Morgan fingerprint density at radius 2 is 1.11 bits per heavy atom. The molecule has 0 aromatic heterocycles. The maximum atomic E-state index is 12.6. The minimum absolute atomic E-state index is 0.0492. The van der Waals surface area contributed by atoms with Crippen molar-refractivity contribution in [2.75, 3.05) is 19.8 Å². The zero-order chi connectivity index (χ0) is 45.1. The SMILES string of the molecule is CC/C=C\C/C=C\C/C=C\C/C=C\C=C\C(O)CCCC(=O)O[C@H](COC(=O)CC/C=C\C/C=C\C/C=C\C/C=C\C/C=C\CCCCC)COP(=O)(O)OC[C@H](N)C(=O)O. The van der Waals surface area contributed by atoms with Crippen LogP contribution in [0, 0.1) is 0 Å². The highest BCUT2D eigenvalue weighted by Gasteiger charge is 2.28. The maximum Gasteiger partial charge on any atom is 0.472 e. The zero-order valence-electron chi connectivity index (χ0n) is 36.6. The van der Waals surface area contributed by atoms with Gasteiger partial charge in [0, 0.05) is 12.8 Å². The molecule has 0 fully saturated rings. The number of aliphatic carboxylic acids is 1. The fraction of sp³-hybridized carbons (Fsp3) is 0.521. The number of aliphatic hydroxyl groups is 1. The molecule has 0 amide bonds. The minimum atomic E-state index is -4.80. The van der Waals surface area contributed by atoms with E-state index in [1.165, 1.54) is 19.3 Å². The number of aliphatic hydroxyl groups excluding tert-OH is 1. The largest absolute Gasteiger partial charge is 0.480 e. The van der Waals surface area contributed by atoms with Crippen LogP contribution in [0.2, 0.25) is 0 Å². The van der Waals surface area contributed by atoms with Gasteiger partial charge >= 0.3 is 25.7 Å². The number of unbranched alkanes of at least 4 members (excludes halogenated alkanes) is 3. The number of carboxylic acid groups (broad SMARTS) is 1. The lowest BCUT2D eigenvalue weighted by molar-refractivity contribution is -0.161. The van der Waals surface area contributed by atoms with Crippen molar-refractivity contribution in [3.05, 3.63) is 122 Å². The Kier molecular flexibility index (Phi) is 38.4. The van der Waals surface area contributed by atoms with E-state index >= 15 is 0 Å². The molecule has 0 saturated carbocycles. The number of hydrogen-bond acceptors (Lipinski definition) is 10. The summed E-state index contributed by atoms with van der Waals surface area (Å²) in [6.45, 7) is 2.35. The van der Waals surface area contributed by atoms with Crippen molar-refractivity contribution in [2.45, 2.75) is 141 Å². The van der Waals surface area contributed by atoms with Crippen LogP contribution in [0.1, 0.15) is 123 Å². The Morgan fingerprint density at radius 3 is 1.66 bits per heavy atom. The molecule has 13 heteroatoms. The number of carbonyl (C=O) groups excluding carboxylic acids is 2. The quantitative estimate of drug-likeness (QED) is 0.0151. The van der Waals surface area contributed by atoms with Crippen LogP contribution in [0.4, 0.5) is 0 Å². The Labute approximate surface area is 365 Å². The van der Waals surface area contributed by atoms with Gasteiger partial charge in [0.1, 0.15) is 12.6 Å². The van der Waals surface area contributed by atoms with Crippen LogP contribution in [0.3, 0.4) is 0 Å². The number of nitrogens with two attached hydrogens (primary N) is 1. The molecular weight excluding hydrogens is 797 g/mol. The molecule has 0 aromatic carbocycles. The normalized spacial score (nSPS) is 15.4. The molecule has 0 rings (SSSR count). The molecular formula is C48H74NO11P. The molecule has 2 unspecified atom stereocenters. The highest BCUT2D eigenvalue weighted by atomic mass is 31.2. The molecule has 5 N–H and O–H groups in total. The van der Waals surface area contributed by atoms with Gasteiger partial charge in [-0.05, 0) is 83.5 Å². The zero-order valence-corrected chi connectivity index (χ0v) is 37.4. The van der Waals surface area contributed by atoms with Gasteiger partial charge in [0.05, 0.1) is 19.3 Å². The summed E-state index contributed by atoms with van der Waals surface area (Å²) >= 11 is 0. The lowest BCUT2D eigenvalue weighted by Gasteiger charge is -2.20. The summed E-state index contributed by atoms with van der Waals surface area (Å²) in [5.74, 6) is -2.73. The van der Waals surface area contributed by atoms with Gasteiger partial charge in [0.25, 0.3) is 0 Å². The van der Waals surface area contributed by atoms with E-state index in [0.717, 1.165) is 51.4 Å². The van der Waals surface area contributed by atoms with Gasteiger partial charge in [-0.2, -0.15) is 0 Å². The van der Waals surface area contributed by atoms with Gasteiger partial charge in [0.2, 0.25) is 0 Å². The van der Waals surface area contributed by atoms with E-state index in [4.69, 9.17) is 24.8 Å². The summed E-state index contributed by atoms with van der Waals surface area (Å²) < 4.78 is 32.4. The number of hydrogen-bond donors (Lipinski definition) is 4. The Balaban J connectivity index is 4.71. The van der Waals surface area contributed by atoms with Gasteiger partial charge in [0.15, 0.2) is 6.10 Å². The van der Waals surface area contributed by atoms with Crippen molar-refractivity contribution in [1.29, 1.82) is 0 Å². The summed E-state index contributed by atoms with van der Waals surface area (Å²) in [6, 6.07) is -1.57. The van der Waals surface area contributed by atoms with Gasteiger partial charge in [-0.3, -0.25) is 23.4 Å². The topological polar surface area (TPSA) is 192 Å². The number of esters is 2. The van der Waals surface area contributed by atoms with Gasteiger partial charge < -0.3 is 30.3 Å². The van der Waals surface area contributed by atoms with Crippen molar-refractivity contribution in [2.24, 2.45) is 5.73 Å². The first-order valence-corrected chi connectivity index (χ1v) is 23.2. The summed E-state index contributed by atoms with van der Waals surface area (Å²) in [5, 5.41) is 19.2. The van der Waals surface area contributed by atoms with Crippen molar-refractivity contribution in [3.63, 3.8) is 0 Å². The second kappa shape index (κ2) is 41.2. The predicted molar refractivity (Wildman–Crippen MR) is 245 cm³/mol. The van der Waals surface area contributed by atoms with Gasteiger partial charge in [-0.1, -0.05) is 148 Å². The van der Waals surface area contributed by atoms with Crippen LogP contribution >= 0.6 is 7.82 Å². The molecule has 61 heavy (non-hydrogen) atoms. The van der Waals surface area contributed by atoms with E-state index in [-0.39, 0.29) is 25.7 Å². The fourth-order valence-electron chi connectivity index (χ4n) is 4.90. The first-order valence-electron chi connectivity index (χ1n) is 21.7. The molecule has 0 aliphatic carbocycles. The maximum absolute atomic E-state index is 12.6. The monoisotopic (exact) mass is 871 g/mol. The average Bonchev–Trinajstić information content (AvgIpc) is 3.23. The molecule has 0 aliphatic rings. The van der Waals surface area contributed by atoms with Crippen molar-refractivity contribution in [3.8, 4) is 0 Å². The molecule has 0 aliphatic heterocycles. The Hall–Kier alpha value is -4.16. The molecule has 12 nitrogen and oxygen atoms in total. The number of allylic oxidation sites excluding steroid dienone is 19. The second-order valence-electron chi connectivity index (χ2n) is 13.9.